The Balaban J connectivity index is 2.31. The second-order valence-corrected chi connectivity index (χ2v) is 4.08. The number of aromatic carboxylic acids is 1. The van der Waals surface area contributed by atoms with Gasteiger partial charge in [0.25, 0.3) is 0 Å². The molecule has 1 atom stereocenters. The first-order chi connectivity index (χ1) is 9.56. The lowest BCUT2D eigenvalue weighted by Gasteiger charge is -2.12. The molecule has 0 fully saturated rings. The number of carbonyl (C=O) groups excluding carboxylic acids is 1. The zero-order valence-corrected chi connectivity index (χ0v) is 11.2. The number of carboxylic acid groups (broad SMARTS) is 1. The Morgan fingerprint density at radius 1 is 1.60 bits per heavy atom. The van der Waals surface area contributed by atoms with Crippen LogP contribution in [0.25, 0.3) is 0 Å². The number of nitrogens with zero attached hydrogens (tertiary/aromatic N) is 3. The molecule has 8 nitrogen and oxygen atoms in total. The highest BCUT2D eigenvalue weighted by molar-refractivity contribution is 5.84. The number of aromatic nitrogens is 3. The molecule has 108 valence electrons. The number of amides is 2. The largest absolute Gasteiger partial charge is 0.476 e. The van der Waals surface area contributed by atoms with Crippen molar-refractivity contribution in [3.63, 3.8) is 0 Å². The third kappa shape index (κ3) is 4.97. The lowest BCUT2D eigenvalue weighted by atomic mass is 10.2. The van der Waals surface area contributed by atoms with Crippen molar-refractivity contribution in [2.75, 3.05) is 6.54 Å². The monoisotopic (exact) mass is 279 g/mol. The molecule has 0 aliphatic carbocycles. The molecule has 1 rings (SSSR count). The lowest BCUT2D eigenvalue weighted by molar-refractivity contribution is 0.0690. The van der Waals surface area contributed by atoms with Gasteiger partial charge in [-0.05, 0) is 6.42 Å². The molecule has 0 aliphatic rings. The maximum atomic E-state index is 11.5. The fraction of sp³-hybridized carbons (Fsp3) is 0.500. The van der Waals surface area contributed by atoms with Gasteiger partial charge in [-0.3, -0.25) is 0 Å². The van der Waals surface area contributed by atoms with Gasteiger partial charge >= 0.3 is 12.0 Å². The quantitative estimate of drug-likeness (QED) is 0.612. The van der Waals surface area contributed by atoms with Crippen molar-refractivity contribution in [3.8, 4) is 12.3 Å². The van der Waals surface area contributed by atoms with Crippen LogP contribution in [-0.2, 0) is 6.54 Å². The van der Waals surface area contributed by atoms with Crippen LogP contribution in [0, 0.1) is 12.3 Å². The van der Waals surface area contributed by atoms with Crippen LogP contribution in [0.15, 0.2) is 6.20 Å². The van der Waals surface area contributed by atoms with E-state index >= 15 is 0 Å². The molecule has 8 heteroatoms. The number of urea groups is 1. The zero-order valence-electron chi connectivity index (χ0n) is 11.2. The van der Waals surface area contributed by atoms with Crippen molar-refractivity contribution in [2.45, 2.75) is 32.4 Å². The van der Waals surface area contributed by atoms with E-state index in [0.717, 1.165) is 12.8 Å². The summed E-state index contributed by atoms with van der Waals surface area (Å²) in [5, 5.41) is 21.0. The van der Waals surface area contributed by atoms with Gasteiger partial charge in [0.2, 0.25) is 0 Å². The van der Waals surface area contributed by atoms with E-state index in [0.29, 0.717) is 6.54 Å². The minimum Gasteiger partial charge on any atom is -0.476 e. The molecule has 1 aromatic heterocycles. The Morgan fingerprint density at radius 2 is 2.35 bits per heavy atom. The smallest absolute Gasteiger partial charge is 0.358 e. The number of hydrogen-bond donors (Lipinski definition) is 3. The van der Waals surface area contributed by atoms with E-state index in [-0.39, 0.29) is 24.3 Å². The highest BCUT2D eigenvalue weighted by Gasteiger charge is 2.09. The summed E-state index contributed by atoms with van der Waals surface area (Å²) in [7, 11) is 0. The Morgan fingerprint density at radius 3 is 2.90 bits per heavy atom. The summed E-state index contributed by atoms with van der Waals surface area (Å²) in [5.74, 6) is 1.35. The van der Waals surface area contributed by atoms with Gasteiger partial charge in [-0.1, -0.05) is 24.5 Å². The molecule has 0 bridgehead atoms. The van der Waals surface area contributed by atoms with E-state index in [9.17, 15) is 9.59 Å². The summed E-state index contributed by atoms with van der Waals surface area (Å²) in [6, 6.07) is -0.648. The number of hydrogen-bond acceptors (Lipinski definition) is 4. The molecule has 3 N–H and O–H groups in total. The fourth-order valence-corrected chi connectivity index (χ4v) is 1.48. The number of carboxylic acids is 1. The highest BCUT2D eigenvalue weighted by Crippen LogP contribution is 1.94. The molecule has 0 aromatic carbocycles. The second-order valence-electron chi connectivity index (χ2n) is 4.08. The van der Waals surface area contributed by atoms with Crippen LogP contribution >= 0.6 is 0 Å². The minimum atomic E-state index is -1.14. The molecule has 0 spiro atoms. The molecule has 1 aromatic rings. The minimum absolute atomic E-state index is 0.134. The summed E-state index contributed by atoms with van der Waals surface area (Å²) in [6.07, 6.45) is 8.18. The van der Waals surface area contributed by atoms with E-state index in [1.807, 2.05) is 6.92 Å². The Hall–Kier alpha value is -2.56. The Kier molecular flexibility index (Phi) is 6.03. The van der Waals surface area contributed by atoms with Gasteiger partial charge < -0.3 is 15.7 Å². The molecule has 1 unspecified atom stereocenters. The lowest BCUT2D eigenvalue weighted by Crippen LogP contribution is -2.42. The average Bonchev–Trinajstić information content (AvgIpc) is 2.87. The van der Waals surface area contributed by atoms with E-state index in [2.05, 4.69) is 26.9 Å². The predicted molar refractivity (Wildman–Crippen MR) is 71.0 cm³/mol. The average molecular weight is 279 g/mol. The zero-order chi connectivity index (χ0) is 15.0. The number of carbonyl (C=O) groups is 2. The van der Waals surface area contributed by atoms with Crippen molar-refractivity contribution in [1.82, 2.24) is 25.6 Å². The summed E-state index contributed by atoms with van der Waals surface area (Å²) < 4.78 is 1.34. The molecule has 0 saturated heterocycles. The van der Waals surface area contributed by atoms with Crippen molar-refractivity contribution < 1.29 is 14.7 Å². The summed E-state index contributed by atoms with van der Waals surface area (Å²) in [6.45, 7) is 2.59. The van der Waals surface area contributed by atoms with Gasteiger partial charge in [-0.2, -0.15) is 0 Å². The molecule has 0 aliphatic heterocycles. The van der Waals surface area contributed by atoms with Gasteiger partial charge in [0.1, 0.15) is 0 Å². The fourth-order valence-electron chi connectivity index (χ4n) is 1.48. The van der Waals surface area contributed by atoms with E-state index < -0.39 is 5.97 Å². The number of nitrogens with one attached hydrogen (secondary N) is 2. The van der Waals surface area contributed by atoms with Crippen LogP contribution in [0.3, 0.4) is 0 Å². The molecule has 20 heavy (non-hydrogen) atoms. The van der Waals surface area contributed by atoms with Gasteiger partial charge in [0, 0.05) is 6.54 Å². The highest BCUT2D eigenvalue weighted by atomic mass is 16.4. The van der Waals surface area contributed by atoms with Gasteiger partial charge in [0.05, 0.1) is 18.8 Å². The summed E-state index contributed by atoms with van der Waals surface area (Å²) in [5.41, 5.74) is -0.134. The van der Waals surface area contributed by atoms with Crippen molar-refractivity contribution >= 4 is 12.0 Å². The first-order valence-corrected chi connectivity index (χ1v) is 6.20. The SMILES string of the molecule is C#CC(CCC)NC(=O)NCCn1cc(C(=O)O)nn1. The van der Waals surface area contributed by atoms with Crippen molar-refractivity contribution in [3.05, 3.63) is 11.9 Å². The molecule has 2 amide bonds. The van der Waals surface area contributed by atoms with Crippen molar-refractivity contribution in [2.24, 2.45) is 0 Å². The van der Waals surface area contributed by atoms with E-state index in [1.165, 1.54) is 10.9 Å². The van der Waals surface area contributed by atoms with Gasteiger partial charge in [-0.25, -0.2) is 14.3 Å². The third-order valence-electron chi connectivity index (χ3n) is 2.47. The van der Waals surface area contributed by atoms with Gasteiger partial charge in [-0.15, -0.1) is 11.5 Å². The Labute approximate surface area is 116 Å². The summed E-state index contributed by atoms with van der Waals surface area (Å²) in [4.78, 5) is 22.1. The molecular formula is C12H17N5O3. The summed E-state index contributed by atoms with van der Waals surface area (Å²) >= 11 is 0. The first-order valence-electron chi connectivity index (χ1n) is 6.20. The van der Waals surface area contributed by atoms with Crippen LogP contribution in [0.5, 0.6) is 0 Å². The van der Waals surface area contributed by atoms with Crippen LogP contribution < -0.4 is 10.6 Å². The van der Waals surface area contributed by atoms with Crippen LogP contribution in [0.4, 0.5) is 4.79 Å². The van der Waals surface area contributed by atoms with E-state index in [4.69, 9.17) is 11.5 Å². The second kappa shape index (κ2) is 7.78. The molecular weight excluding hydrogens is 262 g/mol. The maximum absolute atomic E-state index is 11.5. The van der Waals surface area contributed by atoms with Crippen molar-refractivity contribution in [1.29, 1.82) is 0 Å². The molecule has 1 heterocycles. The van der Waals surface area contributed by atoms with Crippen LogP contribution in [0.1, 0.15) is 30.3 Å². The molecule has 0 saturated carbocycles. The standard InChI is InChI=1S/C12H17N5O3/c1-3-5-9(4-2)14-12(20)13-6-7-17-8-10(11(18)19)15-16-17/h2,8-9H,3,5-7H2,1H3,(H,18,19)(H2,13,14,20). The number of rotatable bonds is 7. The third-order valence-corrected chi connectivity index (χ3v) is 2.47. The predicted octanol–water partition coefficient (Wildman–Crippen LogP) is 0.0774. The maximum Gasteiger partial charge on any atom is 0.358 e. The van der Waals surface area contributed by atoms with Crippen LogP contribution in [-0.4, -0.2) is 44.7 Å². The topological polar surface area (TPSA) is 109 Å². The van der Waals surface area contributed by atoms with E-state index in [1.54, 1.807) is 0 Å². The first kappa shape index (κ1) is 15.5. The molecule has 0 radical (unpaired) electrons. The number of terminal acetylenes is 1. The van der Waals surface area contributed by atoms with Crippen LogP contribution in [0.2, 0.25) is 0 Å². The Bertz CT molecular complexity index is 505. The normalized spacial score (nSPS) is 11.4. The van der Waals surface area contributed by atoms with Gasteiger partial charge in [0.15, 0.2) is 5.69 Å².